The van der Waals surface area contributed by atoms with E-state index in [2.05, 4.69) is 20.5 Å². The van der Waals surface area contributed by atoms with Gasteiger partial charge in [0, 0.05) is 6.54 Å². The van der Waals surface area contributed by atoms with Crippen molar-refractivity contribution in [1.29, 1.82) is 0 Å². The Morgan fingerprint density at radius 2 is 2.35 bits per heavy atom. The van der Waals surface area contributed by atoms with Crippen LogP contribution in [0.25, 0.3) is 0 Å². The molecule has 20 heavy (non-hydrogen) atoms. The highest BCUT2D eigenvalue weighted by atomic mass is 32.2. The van der Waals surface area contributed by atoms with Crippen molar-refractivity contribution in [2.24, 2.45) is 0 Å². The average molecular weight is 292 g/mol. The topological polar surface area (TPSA) is 79.9 Å². The van der Waals surface area contributed by atoms with Crippen LogP contribution in [0.2, 0.25) is 0 Å². The van der Waals surface area contributed by atoms with Crippen LogP contribution in [0, 0.1) is 6.92 Å². The second kappa shape index (κ2) is 6.95. The molecule has 2 rings (SSSR count). The van der Waals surface area contributed by atoms with Gasteiger partial charge in [-0.15, -0.1) is 5.10 Å². The highest BCUT2D eigenvalue weighted by Gasteiger charge is 2.06. The molecule has 2 aromatic rings. The van der Waals surface area contributed by atoms with E-state index in [1.54, 1.807) is 7.11 Å². The number of hydrogen-bond donors (Lipinski definition) is 2. The summed E-state index contributed by atoms with van der Waals surface area (Å²) in [6.07, 6.45) is 0. The van der Waals surface area contributed by atoms with E-state index in [0.717, 1.165) is 17.1 Å². The number of H-pyrrole nitrogens is 1. The summed E-state index contributed by atoms with van der Waals surface area (Å²) >= 11 is 1.30. The summed E-state index contributed by atoms with van der Waals surface area (Å²) in [5.74, 6) is 1.76. The van der Waals surface area contributed by atoms with Crippen molar-refractivity contribution in [1.82, 2.24) is 20.5 Å². The van der Waals surface area contributed by atoms with E-state index >= 15 is 0 Å². The van der Waals surface area contributed by atoms with Crippen LogP contribution in [0.3, 0.4) is 0 Å². The number of rotatable bonds is 6. The Kier molecular flexibility index (Phi) is 5.00. The molecule has 0 saturated heterocycles. The first-order chi connectivity index (χ1) is 9.67. The maximum Gasteiger partial charge on any atom is 0.230 e. The second-order valence-electron chi connectivity index (χ2n) is 4.12. The Labute approximate surface area is 121 Å². The van der Waals surface area contributed by atoms with Crippen molar-refractivity contribution in [3.8, 4) is 5.75 Å². The first-order valence-corrected chi connectivity index (χ1v) is 7.07. The van der Waals surface area contributed by atoms with Crippen LogP contribution in [-0.4, -0.2) is 34.0 Å². The fourth-order valence-electron chi connectivity index (χ4n) is 1.55. The fourth-order valence-corrected chi connectivity index (χ4v) is 2.22. The first kappa shape index (κ1) is 14.4. The summed E-state index contributed by atoms with van der Waals surface area (Å²) in [5, 5.41) is 10.1. The van der Waals surface area contributed by atoms with Crippen LogP contribution >= 0.6 is 11.8 Å². The number of carbonyl (C=O) groups excluding carboxylic acids is 1. The molecule has 0 fully saturated rings. The van der Waals surface area contributed by atoms with E-state index in [9.17, 15) is 4.79 Å². The molecule has 2 N–H and O–H groups in total. The molecule has 1 aromatic heterocycles. The largest absolute Gasteiger partial charge is 0.497 e. The van der Waals surface area contributed by atoms with Gasteiger partial charge in [0.25, 0.3) is 0 Å². The van der Waals surface area contributed by atoms with Crippen LogP contribution in [0.4, 0.5) is 0 Å². The molecule has 0 aliphatic heterocycles. The maximum atomic E-state index is 11.7. The summed E-state index contributed by atoms with van der Waals surface area (Å²) in [4.78, 5) is 15.8. The summed E-state index contributed by atoms with van der Waals surface area (Å²) in [6.45, 7) is 2.30. The number of amides is 1. The van der Waals surface area contributed by atoms with Crippen molar-refractivity contribution in [3.05, 3.63) is 35.7 Å². The molecule has 0 aliphatic carbocycles. The number of nitrogens with zero attached hydrogens (tertiary/aromatic N) is 2. The number of aryl methyl sites for hydroxylation is 1. The van der Waals surface area contributed by atoms with Gasteiger partial charge in [-0.2, -0.15) is 0 Å². The van der Waals surface area contributed by atoms with Gasteiger partial charge in [-0.25, -0.2) is 4.98 Å². The van der Waals surface area contributed by atoms with Crippen molar-refractivity contribution in [2.45, 2.75) is 18.6 Å². The van der Waals surface area contributed by atoms with Crippen LogP contribution in [0.15, 0.2) is 29.4 Å². The van der Waals surface area contributed by atoms with Crippen LogP contribution in [0.1, 0.15) is 11.4 Å². The smallest absolute Gasteiger partial charge is 0.230 e. The number of thioether (sulfide) groups is 1. The molecular formula is C13H16N4O2S. The SMILES string of the molecule is COc1cccc(CNC(=O)CSc2n[nH]c(C)n2)c1. The molecule has 0 aliphatic rings. The van der Waals surface area contributed by atoms with Gasteiger partial charge in [-0.1, -0.05) is 23.9 Å². The van der Waals surface area contributed by atoms with Crippen LogP contribution in [-0.2, 0) is 11.3 Å². The monoisotopic (exact) mass is 292 g/mol. The Hall–Kier alpha value is -2.02. The minimum absolute atomic E-state index is 0.0553. The number of hydrogen-bond acceptors (Lipinski definition) is 5. The normalized spacial score (nSPS) is 10.3. The Morgan fingerprint density at radius 3 is 3.05 bits per heavy atom. The molecule has 0 bridgehead atoms. The Morgan fingerprint density at radius 1 is 1.50 bits per heavy atom. The van der Waals surface area contributed by atoms with E-state index in [1.165, 1.54) is 11.8 Å². The van der Waals surface area contributed by atoms with Gasteiger partial charge in [0.1, 0.15) is 11.6 Å². The molecule has 1 amide bonds. The molecule has 6 nitrogen and oxygen atoms in total. The summed E-state index contributed by atoms with van der Waals surface area (Å²) in [6, 6.07) is 7.60. The Bertz CT molecular complexity index is 585. The van der Waals surface area contributed by atoms with Crippen molar-refractivity contribution in [3.63, 3.8) is 0 Å². The predicted octanol–water partition coefficient (Wildman–Crippen LogP) is 1.53. The highest BCUT2D eigenvalue weighted by Crippen LogP contribution is 2.13. The van der Waals surface area contributed by atoms with E-state index in [4.69, 9.17) is 4.74 Å². The fraction of sp³-hybridized carbons (Fsp3) is 0.308. The molecule has 0 unspecified atom stereocenters. The number of methoxy groups -OCH3 is 1. The van der Waals surface area contributed by atoms with Gasteiger partial charge in [-0.05, 0) is 24.6 Å². The number of aromatic nitrogens is 3. The van der Waals surface area contributed by atoms with E-state index < -0.39 is 0 Å². The van der Waals surface area contributed by atoms with Crippen molar-refractivity contribution < 1.29 is 9.53 Å². The molecule has 7 heteroatoms. The van der Waals surface area contributed by atoms with E-state index in [-0.39, 0.29) is 5.91 Å². The minimum Gasteiger partial charge on any atom is -0.497 e. The van der Waals surface area contributed by atoms with E-state index in [0.29, 0.717) is 17.5 Å². The minimum atomic E-state index is -0.0553. The van der Waals surface area contributed by atoms with Crippen molar-refractivity contribution in [2.75, 3.05) is 12.9 Å². The number of benzene rings is 1. The summed E-state index contributed by atoms with van der Waals surface area (Å²) < 4.78 is 5.13. The van der Waals surface area contributed by atoms with Gasteiger partial charge in [-0.3, -0.25) is 9.89 Å². The standard InChI is InChI=1S/C13H16N4O2S/c1-9-15-13(17-16-9)20-8-12(18)14-7-10-4-3-5-11(6-10)19-2/h3-6H,7-8H2,1-2H3,(H,14,18)(H,15,16,17). The van der Waals surface area contributed by atoms with Crippen LogP contribution < -0.4 is 10.1 Å². The molecule has 1 heterocycles. The zero-order valence-corrected chi connectivity index (χ0v) is 12.2. The second-order valence-corrected chi connectivity index (χ2v) is 5.06. The lowest BCUT2D eigenvalue weighted by Crippen LogP contribution is -2.24. The zero-order valence-electron chi connectivity index (χ0n) is 11.3. The van der Waals surface area contributed by atoms with Crippen molar-refractivity contribution >= 4 is 17.7 Å². The lowest BCUT2D eigenvalue weighted by atomic mass is 10.2. The number of ether oxygens (including phenoxy) is 1. The van der Waals surface area contributed by atoms with Gasteiger partial charge >= 0.3 is 0 Å². The third-order valence-corrected chi connectivity index (χ3v) is 3.38. The molecular weight excluding hydrogens is 276 g/mol. The predicted molar refractivity (Wildman–Crippen MR) is 76.7 cm³/mol. The molecule has 0 atom stereocenters. The molecule has 106 valence electrons. The van der Waals surface area contributed by atoms with Crippen LogP contribution in [0.5, 0.6) is 5.75 Å². The highest BCUT2D eigenvalue weighted by molar-refractivity contribution is 7.99. The van der Waals surface area contributed by atoms with Gasteiger partial charge < -0.3 is 10.1 Å². The van der Waals surface area contributed by atoms with Gasteiger partial charge in [0.05, 0.1) is 12.9 Å². The van der Waals surface area contributed by atoms with Gasteiger partial charge in [0.2, 0.25) is 11.1 Å². The zero-order chi connectivity index (χ0) is 14.4. The molecule has 0 spiro atoms. The average Bonchev–Trinajstić information content (AvgIpc) is 2.89. The lowest BCUT2D eigenvalue weighted by Gasteiger charge is -2.06. The summed E-state index contributed by atoms with van der Waals surface area (Å²) in [5.41, 5.74) is 0.997. The molecule has 0 saturated carbocycles. The maximum absolute atomic E-state index is 11.7. The molecule has 0 radical (unpaired) electrons. The number of nitrogens with one attached hydrogen (secondary N) is 2. The summed E-state index contributed by atoms with van der Waals surface area (Å²) in [7, 11) is 1.62. The first-order valence-electron chi connectivity index (χ1n) is 6.09. The number of carbonyl (C=O) groups is 1. The lowest BCUT2D eigenvalue weighted by molar-refractivity contribution is -0.118. The van der Waals surface area contributed by atoms with E-state index in [1.807, 2.05) is 31.2 Å². The van der Waals surface area contributed by atoms with Gasteiger partial charge in [0.15, 0.2) is 0 Å². The quantitative estimate of drug-likeness (QED) is 0.789. The Balaban J connectivity index is 1.77. The molecule has 1 aromatic carbocycles. The number of aromatic amines is 1. The third-order valence-electron chi connectivity index (χ3n) is 2.53. The third kappa shape index (κ3) is 4.27.